The van der Waals surface area contributed by atoms with Gasteiger partial charge >= 0.3 is 6.03 Å². The highest BCUT2D eigenvalue weighted by atomic mass is 16.2. The molecule has 0 spiro atoms. The van der Waals surface area contributed by atoms with Crippen molar-refractivity contribution in [2.45, 2.75) is 13.3 Å². The summed E-state index contributed by atoms with van der Waals surface area (Å²) in [4.78, 5) is 11.3. The van der Waals surface area contributed by atoms with Crippen LogP contribution in [0.15, 0.2) is 36.9 Å². The fourth-order valence-corrected chi connectivity index (χ4v) is 1.19. The lowest BCUT2D eigenvalue weighted by atomic mass is 10.2. The van der Waals surface area contributed by atoms with E-state index in [0.29, 0.717) is 6.54 Å². The highest BCUT2D eigenvalue weighted by Gasteiger charge is 1.99. The highest BCUT2D eigenvalue weighted by molar-refractivity contribution is 5.89. The Labute approximate surface area is 90.2 Å². The Morgan fingerprint density at radius 2 is 2.33 bits per heavy atom. The summed E-state index contributed by atoms with van der Waals surface area (Å²) in [5, 5.41) is 5.49. The van der Waals surface area contributed by atoms with Crippen LogP contribution in [0.5, 0.6) is 0 Å². The Kier molecular flexibility index (Phi) is 4.41. The Morgan fingerprint density at radius 1 is 1.53 bits per heavy atom. The molecule has 0 radical (unpaired) electrons. The zero-order chi connectivity index (χ0) is 11.1. The fraction of sp³-hybridized carbons (Fsp3) is 0.250. The molecule has 0 aliphatic rings. The maximum atomic E-state index is 11.3. The molecule has 0 fully saturated rings. The van der Waals surface area contributed by atoms with Gasteiger partial charge in [0.1, 0.15) is 0 Å². The normalized spacial score (nSPS) is 9.40. The molecule has 0 bridgehead atoms. The van der Waals surface area contributed by atoms with Gasteiger partial charge in [-0.15, -0.1) is 6.58 Å². The molecular weight excluding hydrogens is 188 g/mol. The van der Waals surface area contributed by atoms with Gasteiger partial charge in [-0.2, -0.15) is 0 Å². The molecule has 15 heavy (non-hydrogen) atoms. The molecule has 3 nitrogen and oxygen atoms in total. The number of urea groups is 1. The minimum Gasteiger partial charge on any atom is -0.338 e. The molecule has 0 atom stereocenters. The lowest BCUT2D eigenvalue weighted by Gasteiger charge is -2.06. The van der Waals surface area contributed by atoms with Gasteiger partial charge in [-0.1, -0.05) is 18.2 Å². The van der Waals surface area contributed by atoms with Crippen molar-refractivity contribution in [3.8, 4) is 0 Å². The van der Waals surface area contributed by atoms with E-state index < -0.39 is 0 Å². The summed E-state index contributed by atoms with van der Waals surface area (Å²) in [6.45, 7) is 6.18. The quantitative estimate of drug-likeness (QED) is 0.574. The molecule has 0 aromatic heterocycles. The summed E-state index contributed by atoms with van der Waals surface area (Å²) in [6.07, 6.45) is 2.55. The van der Waals surface area contributed by atoms with Crippen molar-refractivity contribution in [1.29, 1.82) is 0 Å². The molecule has 1 aromatic rings. The van der Waals surface area contributed by atoms with E-state index >= 15 is 0 Å². The number of carbonyl (C=O) groups is 1. The van der Waals surface area contributed by atoms with Crippen LogP contribution in [0.1, 0.15) is 12.0 Å². The van der Waals surface area contributed by atoms with Gasteiger partial charge in [0.2, 0.25) is 0 Å². The average molecular weight is 204 g/mol. The Balaban J connectivity index is 2.40. The highest BCUT2D eigenvalue weighted by Crippen LogP contribution is 2.08. The van der Waals surface area contributed by atoms with Crippen molar-refractivity contribution in [2.24, 2.45) is 0 Å². The first kappa shape index (κ1) is 11.3. The number of benzene rings is 1. The monoisotopic (exact) mass is 204 g/mol. The van der Waals surface area contributed by atoms with Crippen molar-refractivity contribution >= 4 is 11.7 Å². The molecule has 1 aromatic carbocycles. The van der Waals surface area contributed by atoms with E-state index in [-0.39, 0.29) is 6.03 Å². The standard InChI is InChI=1S/C12H16N2O/c1-3-4-8-13-12(15)14-11-7-5-6-10(2)9-11/h3,5-7,9H,1,4,8H2,2H3,(H2,13,14,15). The van der Waals surface area contributed by atoms with Crippen LogP contribution < -0.4 is 10.6 Å². The van der Waals surface area contributed by atoms with E-state index in [1.807, 2.05) is 31.2 Å². The Bertz CT molecular complexity index is 347. The second kappa shape index (κ2) is 5.86. The molecule has 3 heteroatoms. The zero-order valence-electron chi connectivity index (χ0n) is 8.92. The molecule has 2 amide bonds. The van der Waals surface area contributed by atoms with E-state index in [1.54, 1.807) is 6.08 Å². The van der Waals surface area contributed by atoms with E-state index in [4.69, 9.17) is 0 Å². The van der Waals surface area contributed by atoms with Crippen LogP contribution in [0, 0.1) is 6.92 Å². The van der Waals surface area contributed by atoms with Gasteiger partial charge in [0.15, 0.2) is 0 Å². The number of amides is 2. The smallest absolute Gasteiger partial charge is 0.319 e. The minimum absolute atomic E-state index is 0.178. The molecular formula is C12H16N2O. The number of hydrogen-bond donors (Lipinski definition) is 2. The lowest BCUT2D eigenvalue weighted by molar-refractivity contribution is 0.252. The van der Waals surface area contributed by atoms with Crippen LogP contribution in [0.2, 0.25) is 0 Å². The average Bonchev–Trinajstić information content (AvgIpc) is 2.18. The maximum Gasteiger partial charge on any atom is 0.319 e. The molecule has 0 saturated heterocycles. The molecule has 0 heterocycles. The van der Waals surface area contributed by atoms with Crippen molar-refractivity contribution in [3.63, 3.8) is 0 Å². The van der Waals surface area contributed by atoms with Crippen LogP contribution >= 0.6 is 0 Å². The fourth-order valence-electron chi connectivity index (χ4n) is 1.19. The number of nitrogens with one attached hydrogen (secondary N) is 2. The minimum atomic E-state index is -0.178. The predicted octanol–water partition coefficient (Wildman–Crippen LogP) is 2.69. The van der Waals surface area contributed by atoms with Crippen molar-refractivity contribution < 1.29 is 4.79 Å². The first-order valence-electron chi connectivity index (χ1n) is 4.95. The molecule has 0 aliphatic heterocycles. The van der Waals surface area contributed by atoms with Gasteiger partial charge in [-0.25, -0.2) is 4.79 Å². The van der Waals surface area contributed by atoms with Gasteiger partial charge in [0, 0.05) is 12.2 Å². The lowest BCUT2D eigenvalue weighted by Crippen LogP contribution is -2.29. The van der Waals surface area contributed by atoms with Crippen LogP contribution in [0.25, 0.3) is 0 Å². The largest absolute Gasteiger partial charge is 0.338 e. The van der Waals surface area contributed by atoms with Gasteiger partial charge in [0.25, 0.3) is 0 Å². The molecule has 0 unspecified atom stereocenters. The second-order valence-electron chi connectivity index (χ2n) is 3.33. The van der Waals surface area contributed by atoms with Crippen molar-refractivity contribution in [3.05, 3.63) is 42.5 Å². The van der Waals surface area contributed by atoms with E-state index in [2.05, 4.69) is 17.2 Å². The van der Waals surface area contributed by atoms with E-state index in [9.17, 15) is 4.79 Å². The Hall–Kier alpha value is -1.77. The molecule has 0 saturated carbocycles. The maximum absolute atomic E-state index is 11.3. The van der Waals surface area contributed by atoms with Crippen molar-refractivity contribution in [2.75, 3.05) is 11.9 Å². The first-order chi connectivity index (χ1) is 7.22. The third kappa shape index (κ3) is 4.31. The zero-order valence-corrected chi connectivity index (χ0v) is 8.92. The summed E-state index contributed by atoms with van der Waals surface area (Å²) in [5.41, 5.74) is 1.94. The molecule has 80 valence electrons. The van der Waals surface area contributed by atoms with Gasteiger partial charge < -0.3 is 10.6 Å². The number of aryl methyl sites for hydroxylation is 1. The number of carbonyl (C=O) groups excluding carboxylic acids is 1. The summed E-state index contributed by atoms with van der Waals surface area (Å²) in [5.74, 6) is 0. The van der Waals surface area contributed by atoms with Gasteiger partial charge in [-0.05, 0) is 31.0 Å². The van der Waals surface area contributed by atoms with Gasteiger partial charge in [-0.3, -0.25) is 0 Å². The van der Waals surface area contributed by atoms with E-state index in [1.165, 1.54) is 0 Å². The third-order valence-corrected chi connectivity index (χ3v) is 1.91. The summed E-state index contributed by atoms with van der Waals surface area (Å²) < 4.78 is 0. The van der Waals surface area contributed by atoms with Crippen LogP contribution in [0.4, 0.5) is 10.5 Å². The topological polar surface area (TPSA) is 41.1 Å². The summed E-state index contributed by atoms with van der Waals surface area (Å²) >= 11 is 0. The van der Waals surface area contributed by atoms with Crippen LogP contribution in [-0.4, -0.2) is 12.6 Å². The molecule has 1 rings (SSSR count). The Morgan fingerprint density at radius 3 is 3.00 bits per heavy atom. The summed E-state index contributed by atoms with van der Waals surface area (Å²) in [7, 11) is 0. The second-order valence-corrected chi connectivity index (χ2v) is 3.33. The molecule has 0 aliphatic carbocycles. The van der Waals surface area contributed by atoms with Gasteiger partial charge in [0.05, 0.1) is 0 Å². The first-order valence-corrected chi connectivity index (χ1v) is 4.95. The predicted molar refractivity (Wildman–Crippen MR) is 63.0 cm³/mol. The summed E-state index contributed by atoms with van der Waals surface area (Å²) in [6, 6.07) is 7.50. The number of hydrogen-bond acceptors (Lipinski definition) is 1. The third-order valence-electron chi connectivity index (χ3n) is 1.91. The SMILES string of the molecule is C=CCCNC(=O)Nc1cccc(C)c1. The van der Waals surface area contributed by atoms with Crippen molar-refractivity contribution in [1.82, 2.24) is 5.32 Å². The molecule has 2 N–H and O–H groups in total. The van der Waals surface area contributed by atoms with Crippen LogP contribution in [-0.2, 0) is 0 Å². The van der Waals surface area contributed by atoms with Crippen LogP contribution in [0.3, 0.4) is 0 Å². The number of rotatable bonds is 4. The van der Waals surface area contributed by atoms with E-state index in [0.717, 1.165) is 17.7 Å². The number of anilines is 1.